The smallest absolute Gasteiger partial charge is 0.433 e. The molecule has 0 unspecified atom stereocenters. The largest absolute Gasteiger partial charge is 0.453 e. The Bertz CT molecular complexity index is 1190. The zero-order chi connectivity index (χ0) is 26.3. The zero-order valence-electron chi connectivity index (χ0n) is 20.4. The summed E-state index contributed by atoms with van der Waals surface area (Å²) in [6.45, 7) is 5.69. The lowest BCUT2D eigenvalue weighted by Gasteiger charge is -2.15. The highest BCUT2D eigenvalue weighted by molar-refractivity contribution is 6.08. The maximum absolute atomic E-state index is 13.2. The SMILES string of the molecule is CC/C=C(/N=C(N=C(C)c1cccc(NC(=O)OC)n1)Nc1ccnc(C(F)(F)F)c1)NC1(C)CC1. The van der Waals surface area contributed by atoms with E-state index in [0.717, 1.165) is 25.1 Å². The molecular formula is C24H28F3N7O2. The molecule has 0 bridgehead atoms. The zero-order valence-corrected chi connectivity index (χ0v) is 20.4. The minimum atomic E-state index is -4.60. The first-order chi connectivity index (χ1) is 17.0. The van der Waals surface area contributed by atoms with Crippen LogP contribution >= 0.6 is 0 Å². The first kappa shape index (κ1) is 26.6. The summed E-state index contributed by atoms with van der Waals surface area (Å²) in [5.41, 5.74) is -0.163. The summed E-state index contributed by atoms with van der Waals surface area (Å²) in [6.07, 6.45) is 0.327. The highest BCUT2D eigenvalue weighted by atomic mass is 19.4. The summed E-state index contributed by atoms with van der Waals surface area (Å²) in [5.74, 6) is 0.853. The normalized spacial score (nSPS) is 15.8. The number of nitrogens with zero attached hydrogens (tertiary/aromatic N) is 4. The number of amides is 1. The Balaban J connectivity index is 1.98. The summed E-state index contributed by atoms with van der Waals surface area (Å²) >= 11 is 0. The molecule has 0 atom stereocenters. The van der Waals surface area contributed by atoms with Gasteiger partial charge in [0.25, 0.3) is 0 Å². The molecule has 1 aliphatic rings. The van der Waals surface area contributed by atoms with Crippen molar-refractivity contribution in [3.8, 4) is 0 Å². The molecule has 2 heterocycles. The number of rotatable bonds is 7. The molecule has 36 heavy (non-hydrogen) atoms. The molecule has 3 rings (SSSR count). The third kappa shape index (κ3) is 7.79. The van der Waals surface area contributed by atoms with Gasteiger partial charge in [-0.15, -0.1) is 0 Å². The van der Waals surface area contributed by atoms with Gasteiger partial charge in [0, 0.05) is 17.4 Å². The molecule has 0 saturated heterocycles. The van der Waals surface area contributed by atoms with E-state index < -0.39 is 18.0 Å². The average Bonchev–Trinajstić information content (AvgIpc) is 3.55. The number of allylic oxidation sites excluding steroid dienone is 1. The lowest BCUT2D eigenvalue weighted by molar-refractivity contribution is -0.141. The number of nitrogens with one attached hydrogen (secondary N) is 3. The number of hydrogen-bond acceptors (Lipinski definition) is 6. The highest BCUT2D eigenvalue weighted by Gasteiger charge is 2.37. The second kappa shape index (κ2) is 11.2. The number of carbonyl (C=O) groups excluding carboxylic acids is 1. The summed E-state index contributed by atoms with van der Waals surface area (Å²) in [5, 5.41) is 8.71. The first-order valence-corrected chi connectivity index (χ1v) is 11.3. The Labute approximate surface area is 207 Å². The lowest BCUT2D eigenvalue weighted by Crippen LogP contribution is -2.27. The van der Waals surface area contributed by atoms with Gasteiger partial charge in [0.05, 0.1) is 18.5 Å². The fourth-order valence-corrected chi connectivity index (χ4v) is 3.00. The van der Waals surface area contributed by atoms with E-state index in [-0.39, 0.29) is 23.0 Å². The molecule has 2 aromatic rings. The Morgan fingerprint density at radius 1 is 1.22 bits per heavy atom. The number of carbonyl (C=O) groups is 1. The topological polar surface area (TPSA) is 113 Å². The molecule has 12 heteroatoms. The number of hydrogen-bond donors (Lipinski definition) is 3. The van der Waals surface area contributed by atoms with Crippen LogP contribution in [-0.4, -0.2) is 40.4 Å². The van der Waals surface area contributed by atoms with Gasteiger partial charge in [-0.3, -0.25) is 10.3 Å². The van der Waals surface area contributed by atoms with Crippen LogP contribution < -0.4 is 16.0 Å². The third-order valence-corrected chi connectivity index (χ3v) is 5.17. The predicted octanol–water partition coefficient (Wildman–Crippen LogP) is 5.34. The van der Waals surface area contributed by atoms with Crippen LogP contribution in [0, 0.1) is 0 Å². The van der Waals surface area contributed by atoms with Crippen LogP contribution in [0.3, 0.4) is 0 Å². The summed E-state index contributed by atoms with van der Waals surface area (Å²) in [4.78, 5) is 28.3. The van der Waals surface area contributed by atoms with E-state index in [1.165, 1.54) is 13.2 Å². The number of alkyl halides is 3. The Morgan fingerprint density at radius 3 is 2.61 bits per heavy atom. The van der Waals surface area contributed by atoms with Crippen molar-refractivity contribution in [2.24, 2.45) is 9.98 Å². The minimum absolute atomic E-state index is 0.0522. The monoisotopic (exact) mass is 503 g/mol. The van der Waals surface area contributed by atoms with Crippen molar-refractivity contribution in [2.75, 3.05) is 17.7 Å². The molecule has 0 spiro atoms. The second-order valence-electron chi connectivity index (χ2n) is 8.39. The van der Waals surface area contributed by atoms with Crippen LogP contribution in [0.2, 0.25) is 0 Å². The number of pyridine rings is 2. The predicted molar refractivity (Wildman–Crippen MR) is 132 cm³/mol. The Hall–Kier alpha value is -3.96. The number of aromatic nitrogens is 2. The molecule has 1 amide bonds. The van der Waals surface area contributed by atoms with Crippen molar-refractivity contribution in [2.45, 2.75) is 51.7 Å². The average molecular weight is 504 g/mol. The number of aliphatic imine (C=N–C) groups is 2. The van der Waals surface area contributed by atoms with Crippen LogP contribution in [-0.2, 0) is 10.9 Å². The maximum Gasteiger partial charge on any atom is 0.433 e. The van der Waals surface area contributed by atoms with Crippen molar-refractivity contribution in [1.29, 1.82) is 0 Å². The second-order valence-corrected chi connectivity index (χ2v) is 8.39. The number of ether oxygens (including phenoxy) is 1. The van der Waals surface area contributed by atoms with Crippen LogP contribution in [0.4, 0.5) is 29.5 Å². The van der Waals surface area contributed by atoms with Gasteiger partial charge in [-0.05, 0) is 63.5 Å². The molecular weight excluding hydrogens is 475 g/mol. The van der Waals surface area contributed by atoms with Crippen LogP contribution in [0.25, 0.3) is 0 Å². The minimum Gasteiger partial charge on any atom is -0.453 e. The molecule has 3 N–H and O–H groups in total. The van der Waals surface area contributed by atoms with Crippen molar-refractivity contribution in [3.63, 3.8) is 0 Å². The summed E-state index contributed by atoms with van der Waals surface area (Å²) in [7, 11) is 1.24. The molecule has 0 radical (unpaired) electrons. The van der Waals surface area contributed by atoms with Crippen LogP contribution in [0.1, 0.15) is 51.4 Å². The van der Waals surface area contributed by atoms with Crippen molar-refractivity contribution in [1.82, 2.24) is 15.3 Å². The van der Waals surface area contributed by atoms with Crippen LogP contribution in [0.15, 0.2) is 58.4 Å². The molecule has 1 saturated carbocycles. The van der Waals surface area contributed by atoms with Gasteiger partial charge >= 0.3 is 12.3 Å². The molecule has 0 aromatic carbocycles. The molecule has 2 aromatic heterocycles. The fraction of sp³-hybridized carbons (Fsp3) is 0.375. The van der Waals surface area contributed by atoms with Gasteiger partial charge in [0.1, 0.15) is 17.3 Å². The molecule has 0 aliphatic heterocycles. The van der Waals surface area contributed by atoms with Gasteiger partial charge in [0.15, 0.2) is 0 Å². The maximum atomic E-state index is 13.2. The Kier molecular flexibility index (Phi) is 8.28. The molecule has 192 valence electrons. The first-order valence-electron chi connectivity index (χ1n) is 11.3. The summed E-state index contributed by atoms with van der Waals surface area (Å²) in [6, 6.07) is 7.22. The van der Waals surface area contributed by atoms with Crippen molar-refractivity contribution in [3.05, 3.63) is 59.8 Å². The van der Waals surface area contributed by atoms with Gasteiger partial charge < -0.3 is 15.4 Å². The van der Waals surface area contributed by atoms with E-state index in [0.29, 0.717) is 23.6 Å². The van der Waals surface area contributed by atoms with Gasteiger partial charge in [-0.1, -0.05) is 13.0 Å². The van der Waals surface area contributed by atoms with E-state index >= 15 is 0 Å². The van der Waals surface area contributed by atoms with E-state index in [1.54, 1.807) is 25.1 Å². The molecule has 1 fully saturated rings. The highest BCUT2D eigenvalue weighted by Crippen LogP contribution is 2.35. The number of anilines is 2. The summed E-state index contributed by atoms with van der Waals surface area (Å²) < 4.78 is 44.1. The van der Waals surface area contributed by atoms with Crippen molar-refractivity contribution < 1.29 is 22.7 Å². The van der Waals surface area contributed by atoms with Crippen molar-refractivity contribution >= 4 is 29.3 Å². The molecule has 1 aliphatic carbocycles. The molecule has 9 nitrogen and oxygen atoms in total. The van der Waals surface area contributed by atoms with Crippen LogP contribution in [0.5, 0.6) is 0 Å². The Morgan fingerprint density at radius 2 is 1.97 bits per heavy atom. The van der Waals surface area contributed by atoms with Gasteiger partial charge in [-0.25, -0.2) is 14.8 Å². The van der Waals surface area contributed by atoms with Gasteiger partial charge in [-0.2, -0.15) is 18.2 Å². The number of halogens is 3. The quantitative estimate of drug-likeness (QED) is 0.347. The standard InChI is InChI=1S/C24H28F3N7O2/c1-5-7-20(34-23(3)11-12-23)32-21(30-16-10-13-28-18(14-16)24(25,26)27)29-15(2)17-8-6-9-19(31-17)33-22(35)36-4/h6-10,13-14,34H,5,11-12H2,1-4H3,(H,28,30,32)(H,31,33,35)/b20-7-,29-15?. The number of methoxy groups -OCH3 is 1. The van der Waals surface area contributed by atoms with E-state index in [1.807, 2.05) is 13.0 Å². The number of guanidine groups is 1. The van der Waals surface area contributed by atoms with E-state index in [2.05, 4.69) is 47.6 Å². The third-order valence-electron chi connectivity index (χ3n) is 5.17. The lowest BCUT2D eigenvalue weighted by atomic mass is 10.2. The van der Waals surface area contributed by atoms with E-state index in [9.17, 15) is 18.0 Å². The fourth-order valence-electron chi connectivity index (χ4n) is 3.00. The van der Waals surface area contributed by atoms with E-state index in [4.69, 9.17) is 0 Å². The van der Waals surface area contributed by atoms with Gasteiger partial charge in [0.2, 0.25) is 5.96 Å².